The van der Waals surface area contributed by atoms with E-state index in [1.54, 1.807) is 32.4 Å². The highest BCUT2D eigenvalue weighted by Gasteiger charge is 2.32. The molecular weight excluding hydrogens is 278 g/mol. The maximum atomic E-state index is 12.5. The summed E-state index contributed by atoms with van der Waals surface area (Å²) in [6, 6.07) is 5.48. The Bertz CT molecular complexity index is 517. The lowest BCUT2D eigenvalue weighted by atomic mass is 9.70. The van der Waals surface area contributed by atoms with Gasteiger partial charge in [0.1, 0.15) is 11.5 Å². The number of hydrogen-bond acceptors (Lipinski definition) is 3. The van der Waals surface area contributed by atoms with E-state index in [2.05, 4.69) is 26.1 Å². The molecule has 0 bridgehead atoms. The lowest BCUT2D eigenvalue weighted by molar-refractivity contribution is 0.0873. The number of amides is 1. The second-order valence-electron chi connectivity index (χ2n) is 7.19. The number of methoxy groups -OCH3 is 2. The van der Waals surface area contributed by atoms with Crippen molar-refractivity contribution in [1.82, 2.24) is 5.32 Å². The van der Waals surface area contributed by atoms with Gasteiger partial charge in [-0.05, 0) is 42.7 Å². The number of rotatable bonds is 4. The molecule has 0 spiro atoms. The van der Waals surface area contributed by atoms with Crippen LogP contribution in [-0.2, 0) is 0 Å². The Kier molecular flexibility index (Phi) is 4.99. The normalized spacial score (nSPS) is 23.7. The third kappa shape index (κ3) is 4.15. The molecule has 1 aromatic rings. The van der Waals surface area contributed by atoms with Gasteiger partial charge in [-0.1, -0.05) is 20.8 Å². The number of carbonyl (C=O) groups is 1. The molecule has 4 heteroatoms. The fourth-order valence-electron chi connectivity index (χ4n) is 3.66. The standard InChI is InChI=1S/C18H27NO3/c1-12-6-14(11-18(2,3)10-12)19-17(20)13-7-15(21-4)9-16(8-13)22-5/h7-9,12,14H,6,10-11H2,1-5H3,(H,19,20)/t12-,14-/m0/s1. The van der Waals surface area contributed by atoms with Gasteiger partial charge in [0, 0.05) is 17.7 Å². The molecule has 0 radical (unpaired) electrons. The molecule has 1 fully saturated rings. The van der Waals surface area contributed by atoms with Gasteiger partial charge in [0.15, 0.2) is 0 Å². The van der Waals surface area contributed by atoms with Crippen molar-refractivity contribution in [3.8, 4) is 11.5 Å². The molecule has 0 saturated heterocycles. The summed E-state index contributed by atoms with van der Waals surface area (Å²) >= 11 is 0. The van der Waals surface area contributed by atoms with E-state index in [0.29, 0.717) is 23.0 Å². The third-order valence-electron chi connectivity index (χ3n) is 4.34. The smallest absolute Gasteiger partial charge is 0.251 e. The van der Waals surface area contributed by atoms with Gasteiger partial charge in [-0.15, -0.1) is 0 Å². The summed E-state index contributed by atoms with van der Waals surface area (Å²) in [6.45, 7) is 6.81. The number of ether oxygens (including phenoxy) is 2. The maximum absolute atomic E-state index is 12.5. The molecule has 1 N–H and O–H groups in total. The largest absolute Gasteiger partial charge is 0.497 e. The Hall–Kier alpha value is -1.71. The molecule has 2 rings (SSSR count). The molecule has 0 heterocycles. The quantitative estimate of drug-likeness (QED) is 0.923. The van der Waals surface area contributed by atoms with E-state index in [0.717, 1.165) is 12.8 Å². The highest BCUT2D eigenvalue weighted by atomic mass is 16.5. The van der Waals surface area contributed by atoms with Gasteiger partial charge < -0.3 is 14.8 Å². The van der Waals surface area contributed by atoms with E-state index in [1.807, 2.05) is 0 Å². The summed E-state index contributed by atoms with van der Waals surface area (Å²) in [7, 11) is 3.17. The van der Waals surface area contributed by atoms with E-state index in [4.69, 9.17) is 9.47 Å². The number of benzene rings is 1. The molecule has 0 unspecified atom stereocenters. The van der Waals surface area contributed by atoms with E-state index < -0.39 is 0 Å². The molecule has 2 atom stereocenters. The Morgan fingerprint density at radius 2 is 1.73 bits per heavy atom. The first-order chi connectivity index (χ1) is 10.3. The van der Waals surface area contributed by atoms with E-state index in [1.165, 1.54) is 6.42 Å². The molecule has 0 aromatic heterocycles. The summed E-state index contributed by atoms with van der Waals surface area (Å²) in [5.41, 5.74) is 0.856. The van der Waals surface area contributed by atoms with E-state index >= 15 is 0 Å². The molecule has 1 aliphatic rings. The van der Waals surface area contributed by atoms with Crippen LogP contribution in [0.3, 0.4) is 0 Å². The molecule has 4 nitrogen and oxygen atoms in total. The van der Waals surface area contributed by atoms with Crippen LogP contribution in [0.2, 0.25) is 0 Å². The van der Waals surface area contributed by atoms with Crippen molar-refractivity contribution in [3.05, 3.63) is 23.8 Å². The minimum atomic E-state index is -0.0629. The third-order valence-corrected chi connectivity index (χ3v) is 4.34. The van der Waals surface area contributed by atoms with Crippen molar-refractivity contribution in [2.24, 2.45) is 11.3 Å². The van der Waals surface area contributed by atoms with Crippen LogP contribution in [0.1, 0.15) is 50.4 Å². The first-order valence-electron chi connectivity index (χ1n) is 7.87. The minimum Gasteiger partial charge on any atom is -0.497 e. The first kappa shape index (κ1) is 16.7. The van der Waals surface area contributed by atoms with Crippen molar-refractivity contribution >= 4 is 5.91 Å². The summed E-state index contributed by atoms with van der Waals surface area (Å²) in [5, 5.41) is 3.17. The average molecular weight is 305 g/mol. The molecule has 122 valence electrons. The van der Waals surface area contributed by atoms with Crippen LogP contribution in [-0.4, -0.2) is 26.2 Å². The summed E-state index contributed by atoms with van der Waals surface area (Å²) in [5.74, 6) is 1.82. The fraction of sp³-hybridized carbons (Fsp3) is 0.611. The highest BCUT2D eigenvalue weighted by Crippen LogP contribution is 2.38. The van der Waals surface area contributed by atoms with Crippen LogP contribution in [0.5, 0.6) is 11.5 Å². The van der Waals surface area contributed by atoms with Crippen molar-refractivity contribution in [2.75, 3.05) is 14.2 Å². The molecule has 0 aliphatic heterocycles. The zero-order valence-corrected chi connectivity index (χ0v) is 14.2. The fourth-order valence-corrected chi connectivity index (χ4v) is 3.66. The lowest BCUT2D eigenvalue weighted by Gasteiger charge is -2.39. The summed E-state index contributed by atoms with van der Waals surface area (Å²) in [6.07, 6.45) is 3.27. The van der Waals surface area contributed by atoms with Crippen molar-refractivity contribution in [1.29, 1.82) is 0 Å². The van der Waals surface area contributed by atoms with Crippen LogP contribution < -0.4 is 14.8 Å². The van der Waals surface area contributed by atoms with Crippen molar-refractivity contribution in [2.45, 2.75) is 46.1 Å². The van der Waals surface area contributed by atoms with Gasteiger partial charge in [-0.25, -0.2) is 0 Å². The number of carbonyl (C=O) groups excluding carboxylic acids is 1. The van der Waals surface area contributed by atoms with E-state index in [-0.39, 0.29) is 17.4 Å². The van der Waals surface area contributed by atoms with Gasteiger partial charge in [0.25, 0.3) is 5.91 Å². The topological polar surface area (TPSA) is 47.6 Å². The monoisotopic (exact) mass is 305 g/mol. The maximum Gasteiger partial charge on any atom is 0.251 e. The summed E-state index contributed by atoms with van der Waals surface area (Å²) in [4.78, 5) is 12.5. The van der Waals surface area contributed by atoms with Crippen molar-refractivity contribution < 1.29 is 14.3 Å². The molecule has 1 amide bonds. The van der Waals surface area contributed by atoms with Gasteiger partial charge in [0.05, 0.1) is 14.2 Å². The van der Waals surface area contributed by atoms with Crippen LogP contribution in [0.25, 0.3) is 0 Å². The Morgan fingerprint density at radius 1 is 1.14 bits per heavy atom. The molecule has 1 aromatic carbocycles. The van der Waals surface area contributed by atoms with Gasteiger partial charge in [0.2, 0.25) is 0 Å². The number of nitrogens with one attached hydrogen (secondary N) is 1. The lowest BCUT2D eigenvalue weighted by Crippen LogP contribution is -2.43. The predicted molar refractivity (Wildman–Crippen MR) is 87.6 cm³/mol. The van der Waals surface area contributed by atoms with Gasteiger partial charge in [-0.2, -0.15) is 0 Å². The zero-order chi connectivity index (χ0) is 16.3. The first-order valence-corrected chi connectivity index (χ1v) is 7.87. The number of hydrogen-bond donors (Lipinski definition) is 1. The van der Waals surface area contributed by atoms with Crippen LogP contribution in [0.4, 0.5) is 0 Å². The average Bonchev–Trinajstić information content (AvgIpc) is 2.44. The minimum absolute atomic E-state index is 0.0629. The van der Waals surface area contributed by atoms with Crippen LogP contribution >= 0.6 is 0 Å². The van der Waals surface area contributed by atoms with Gasteiger partial charge >= 0.3 is 0 Å². The second kappa shape index (κ2) is 6.59. The Balaban J connectivity index is 2.12. The Labute approximate surface area is 133 Å². The highest BCUT2D eigenvalue weighted by molar-refractivity contribution is 5.95. The van der Waals surface area contributed by atoms with Crippen molar-refractivity contribution in [3.63, 3.8) is 0 Å². The molecule has 1 saturated carbocycles. The van der Waals surface area contributed by atoms with Gasteiger partial charge in [-0.3, -0.25) is 4.79 Å². The SMILES string of the molecule is COc1cc(OC)cc(C(=O)N[C@H]2C[C@H](C)CC(C)(C)C2)c1. The predicted octanol–water partition coefficient (Wildman–Crippen LogP) is 3.65. The molecular formula is C18H27NO3. The van der Waals surface area contributed by atoms with Crippen LogP contribution in [0, 0.1) is 11.3 Å². The molecule has 22 heavy (non-hydrogen) atoms. The second-order valence-corrected chi connectivity index (χ2v) is 7.19. The van der Waals surface area contributed by atoms with E-state index in [9.17, 15) is 4.79 Å². The Morgan fingerprint density at radius 3 is 2.23 bits per heavy atom. The van der Waals surface area contributed by atoms with Crippen LogP contribution in [0.15, 0.2) is 18.2 Å². The summed E-state index contributed by atoms with van der Waals surface area (Å²) < 4.78 is 10.5. The zero-order valence-electron chi connectivity index (χ0n) is 14.2. The molecule has 1 aliphatic carbocycles.